The van der Waals surface area contributed by atoms with Crippen molar-refractivity contribution in [2.45, 2.75) is 19.4 Å². The van der Waals surface area contributed by atoms with Crippen LogP contribution in [0.25, 0.3) is 0 Å². The molecule has 1 saturated heterocycles. The van der Waals surface area contributed by atoms with Crippen molar-refractivity contribution in [2.75, 3.05) is 28.7 Å². The highest BCUT2D eigenvalue weighted by molar-refractivity contribution is 9.10. The molecular formula is C27H25BrClN7O. The SMILES string of the molecule is Clc1ccccc1COc1ccc(Br)cc1C=NNc1nc(Nc2ccccc2)nc(N2CCCC2)n1. The van der Waals surface area contributed by atoms with Crippen LogP contribution in [0.3, 0.4) is 0 Å². The number of hydrazone groups is 1. The molecule has 10 heteroatoms. The van der Waals surface area contributed by atoms with E-state index in [9.17, 15) is 0 Å². The number of aromatic nitrogens is 3. The van der Waals surface area contributed by atoms with Gasteiger partial charge in [0, 0.05) is 39.4 Å². The van der Waals surface area contributed by atoms with Crippen LogP contribution >= 0.6 is 27.5 Å². The summed E-state index contributed by atoms with van der Waals surface area (Å²) >= 11 is 9.80. The van der Waals surface area contributed by atoms with Gasteiger partial charge < -0.3 is 15.0 Å². The predicted octanol–water partition coefficient (Wildman–Crippen LogP) is 6.66. The van der Waals surface area contributed by atoms with Crippen LogP contribution < -0.4 is 20.4 Å². The molecule has 1 aliphatic rings. The normalized spacial score (nSPS) is 13.2. The average Bonchev–Trinajstić information content (AvgIpc) is 3.45. The summed E-state index contributed by atoms with van der Waals surface area (Å²) in [4.78, 5) is 15.9. The lowest BCUT2D eigenvalue weighted by Crippen LogP contribution is -2.21. The molecule has 0 amide bonds. The maximum absolute atomic E-state index is 6.28. The standard InChI is InChI=1S/C27H25BrClN7O/c28-21-12-13-24(37-18-19-8-4-5-11-23(19)29)20(16-21)17-30-35-26-32-25(31-22-9-2-1-3-10-22)33-27(34-26)36-14-6-7-15-36/h1-5,8-13,16-17H,6-7,14-15,18H2,(H2,31,32,33,34,35). The van der Waals surface area contributed by atoms with Crippen LogP contribution in [0.5, 0.6) is 5.75 Å². The van der Waals surface area contributed by atoms with Crippen LogP contribution in [-0.2, 0) is 6.61 Å². The third-order valence-electron chi connectivity index (χ3n) is 5.72. The van der Waals surface area contributed by atoms with E-state index < -0.39 is 0 Å². The fourth-order valence-corrected chi connectivity index (χ4v) is 4.43. The van der Waals surface area contributed by atoms with E-state index in [1.165, 1.54) is 0 Å². The van der Waals surface area contributed by atoms with Gasteiger partial charge in [0.15, 0.2) is 0 Å². The van der Waals surface area contributed by atoms with Crippen molar-refractivity contribution in [3.63, 3.8) is 0 Å². The zero-order valence-corrected chi connectivity index (χ0v) is 22.3. The summed E-state index contributed by atoms with van der Waals surface area (Å²) in [5, 5.41) is 8.32. The summed E-state index contributed by atoms with van der Waals surface area (Å²) in [5.74, 6) is 2.09. The molecule has 0 unspecified atom stereocenters. The Kier molecular flexibility index (Phi) is 8.12. The van der Waals surface area contributed by atoms with E-state index in [1.54, 1.807) is 6.21 Å². The van der Waals surface area contributed by atoms with Crippen LogP contribution in [0.4, 0.5) is 23.5 Å². The number of nitrogens with one attached hydrogen (secondary N) is 2. The number of nitrogens with zero attached hydrogens (tertiary/aromatic N) is 5. The zero-order chi connectivity index (χ0) is 25.5. The Morgan fingerprint density at radius 3 is 2.51 bits per heavy atom. The van der Waals surface area contributed by atoms with Gasteiger partial charge in [-0.1, -0.05) is 63.9 Å². The second-order valence-corrected chi connectivity index (χ2v) is 9.72. The summed E-state index contributed by atoms with van der Waals surface area (Å²) in [6.07, 6.45) is 3.91. The minimum Gasteiger partial charge on any atom is -0.488 e. The van der Waals surface area contributed by atoms with Crippen molar-refractivity contribution < 1.29 is 4.74 Å². The van der Waals surface area contributed by atoms with Crippen molar-refractivity contribution >= 4 is 57.3 Å². The number of benzene rings is 3. The number of hydrogen-bond donors (Lipinski definition) is 2. The number of halogens is 2. The van der Waals surface area contributed by atoms with Crippen LogP contribution in [0.1, 0.15) is 24.0 Å². The van der Waals surface area contributed by atoms with E-state index in [2.05, 4.69) is 51.6 Å². The van der Waals surface area contributed by atoms with E-state index in [0.717, 1.165) is 47.2 Å². The molecule has 0 aliphatic carbocycles. The zero-order valence-electron chi connectivity index (χ0n) is 19.9. The van der Waals surface area contributed by atoms with Gasteiger partial charge in [-0.15, -0.1) is 0 Å². The summed E-state index contributed by atoms with van der Waals surface area (Å²) in [6, 6.07) is 23.1. The van der Waals surface area contributed by atoms with Crippen molar-refractivity contribution in [1.82, 2.24) is 15.0 Å². The molecule has 37 heavy (non-hydrogen) atoms. The second-order valence-electron chi connectivity index (χ2n) is 8.40. The third kappa shape index (κ3) is 6.75. The highest BCUT2D eigenvalue weighted by Gasteiger charge is 2.17. The Balaban J connectivity index is 1.34. The van der Waals surface area contributed by atoms with Crippen molar-refractivity contribution in [2.24, 2.45) is 5.10 Å². The minimum atomic E-state index is 0.344. The molecular weight excluding hydrogens is 554 g/mol. The monoisotopic (exact) mass is 577 g/mol. The molecule has 3 aromatic carbocycles. The molecule has 0 atom stereocenters. The largest absolute Gasteiger partial charge is 0.488 e. The Morgan fingerprint density at radius 2 is 1.70 bits per heavy atom. The Labute approximate surface area is 228 Å². The molecule has 8 nitrogen and oxygen atoms in total. The Hall–Kier alpha value is -3.69. The fourth-order valence-electron chi connectivity index (χ4n) is 3.86. The lowest BCUT2D eigenvalue weighted by Gasteiger charge is -2.16. The molecule has 1 fully saturated rings. The Bertz CT molecular complexity index is 1380. The topological polar surface area (TPSA) is 87.6 Å². The molecule has 0 radical (unpaired) electrons. The van der Waals surface area contributed by atoms with Gasteiger partial charge in [-0.2, -0.15) is 20.1 Å². The van der Waals surface area contributed by atoms with E-state index in [-0.39, 0.29) is 0 Å². The number of para-hydroxylation sites is 1. The number of hydrogen-bond acceptors (Lipinski definition) is 8. The minimum absolute atomic E-state index is 0.344. The van der Waals surface area contributed by atoms with Gasteiger partial charge in [-0.05, 0) is 49.2 Å². The Morgan fingerprint density at radius 1 is 0.946 bits per heavy atom. The van der Waals surface area contributed by atoms with Crippen LogP contribution in [-0.4, -0.2) is 34.3 Å². The van der Waals surface area contributed by atoms with Crippen LogP contribution in [0.2, 0.25) is 5.02 Å². The molecule has 1 aliphatic heterocycles. The maximum atomic E-state index is 6.28. The number of rotatable bonds is 9. The van der Waals surface area contributed by atoms with Crippen LogP contribution in [0.15, 0.2) is 82.4 Å². The maximum Gasteiger partial charge on any atom is 0.250 e. The quantitative estimate of drug-likeness (QED) is 0.170. The molecule has 1 aromatic heterocycles. The smallest absolute Gasteiger partial charge is 0.250 e. The first-order valence-electron chi connectivity index (χ1n) is 11.9. The van der Waals surface area contributed by atoms with E-state index in [0.29, 0.717) is 35.2 Å². The predicted molar refractivity (Wildman–Crippen MR) is 152 cm³/mol. The first-order valence-corrected chi connectivity index (χ1v) is 13.1. The van der Waals surface area contributed by atoms with E-state index >= 15 is 0 Å². The summed E-state index contributed by atoms with van der Waals surface area (Å²) in [6.45, 7) is 2.18. The molecule has 2 N–H and O–H groups in total. The fraction of sp³-hybridized carbons (Fsp3) is 0.185. The van der Waals surface area contributed by atoms with Gasteiger partial charge in [0.1, 0.15) is 12.4 Å². The summed E-state index contributed by atoms with van der Waals surface area (Å²) in [5.41, 5.74) is 5.55. The molecule has 2 heterocycles. The average molecular weight is 579 g/mol. The van der Waals surface area contributed by atoms with E-state index in [1.807, 2.05) is 72.8 Å². The van der Waals surface area contributed by atoms with Crippen molar-refractivity contribution in [1.29, 1.82) is 0 Å². The molecule has 0 bridgehead atoms. The number of ether oxygens (including phenoxy) is 1. The first kappa shape index (κ1) is 25.0. The molecule has 5 rings (SSSR count). The van der Waals surface area contributed by atoms with Gasteiger partial charge in [-0.3, -0.25) is 0 Å². The van der Waals surface area contributed by atoms with Crippen molar-refractivity contribution in [3.8, 4) is 5.75 Å². The van der Waals surface area contributed by atoms with Crippen molar-refractivity contribution in [3.05, 3.63) is 93.4 Å². The molecule has 188 valence electrons. The van der Waals surface area contributed by atoms with Gasteiger partial charge in [0.25, 0.3) is 0 Å². The molecule has 0 spiro atoms. The van der Waals surface area contributed by atoms with E-state index in [4.69, 9.17) is 16.3 Å². The lowest BCUT2D eigenvalue weighted by molar-refractivity contribution is 0.306. The highest BCUT2D eigenvalue weighted by atomic mass is 79.9. The van der Waals surface area contributed by atoms with Crippen LogP contribution in [0, 0.1) is 0 Å². The summed E-state index contributed by atoms with van der Waals surface area (Å²) < 4.78 is 6.96. The number of anilines is 4. The van der Waals surface area contributed by atoms with Gasteiger partial charge in [0.05, 0.1) is 6.21 Å². The van der Waals surface area contributed by atoms with Gasteiger partial charge >= 0.3 is 0 Å². The van der Waals surface area contributed by atoms with Gasteiger partial charge in [-0.25, -0.2) is 5.43 Å². The molecule has 0 saturated carbocycles. The van der Waals surface area contributed by atoms with Gasteiger partial charge in [0.2, 0.25) is 17.8 Å². The second kappa shape index (κ2) is 12.0. The summed E-state index contributed by atoms with van der Waals surface area (Å²) in [7, 11) is 0. The first-order chi connectivity index (χ1) is 18.1. The highest BCUT2D eigenvalue weighted by Crippen LogP contribution is 2.25. The molecule has 4 aromatic rings. The third-order valence-corrected chi connectivity index (χ3v) is 6.59. The lowest BCUT2D eigenvalue weighted by atomic mass is 10.2.